The van der Waals surface area contributed by atoms with Gasteiger partial charge in [-0.1, -0.05) is 0 Å². The molecule has 0 aliphatic rings. The molecule has 0 rings (SSSR count). The fourth-order valence-electron chi connectivity index (χ4n) is 0.117. The molecular formula is C5H12OS2. The third kappa shape index (κ3) is 2.18. The van der Waals surface area contributed by atoms with E-state index in [0.717, 1.165) is 0 Å². The van der Waals surface area contributed by atoms with Gasteiger partial charge in [0.25, 0.3) is 0 Å². The highest BCUT2D eigenvalue weighted by molar-refractivity contribution is 8.11. The van der Waals surface area contributed by atoms with Crippen LogP contribution in [0.25, 0.3) is 0 Å². The molecule has 0 amide bonds. The van der Waals surface area contributed by atoms with Gasteiger partial charge in [0.05, 0.1) is 4.08 Å². The van der Waals surface area contributed by atoms with Gasteiger partial charge in [-0.05, 0) is 20.1 Å². The van der Waals surface area contributed by atoms with Crippen LogP contribution in [0.5, 0.6) is 0 Å². The first-order chi connectivity index (χ1) is 3.50. The topological polar surface area (TPSA) is 17.1 Å². The van der Waals surface area contributed by atoms with Gasteiger partial charge in [-0.3, -0.25) is 4.21 Å². The van der Waals surface area contributed by atoms with E-state index in [0.29, 0.717) is 0 Å². The fourth-order valence-corrected chi connectivity index (χ4v) is 1.06. The Morgan fingerprint density at radius 2 is 1.88 bits per heavy atom. The third-order valence-corrected chi connectivity index (χ3v) is 4.76. The maximum Gasteiger partial charge on any atom is 0.0847 e. The predicted octanol–water partition coefficient (Wildman–Crippen LogP) is 1.46. The van der Waals surface area contributed by atoms with Crippen molar-refractivity contribution < 1.29 is 4.21 Å². The molecule has 0 heterocycles. The van der Waals surface area contributed by atoms with Crippen LogP contribution >= 0.6 is 11.8 Å². The van der Waals surface area contributed by atoms with Gasteiger partial charge in [-0.2, -0.15) is 0 Å². The van der Waals surface area contributed by atoms with Crippen molar-refractivity contribution in [1.82, 2.24) is 0 Å². The molecule has 0 saturated carbocycles. The molecule has 0 aromatic carbocycles. The van der Waals surface area contributed by atoms with Crippen molar-refractivity contribution in [1.29, 1.82) is 0 Å². The molecule has 0 aromatic heterocycles. The minimum atomic E-state index is -0.713. The van der Waals surface area contributed by atoms with Crippen molar-refractivity contribution in [2.45, 2.75) is 17.9 Å². The first-order valence-electron chi connectivity index (χ1n) is 2.39. The molecule has 0 aliphatic carbocycles. The van der Waals surface area contributed by atoms with Crippen LogP contribution in [0, 0.1) is 0 Å². The zero-order valence-corrected chi connectivity index (χ0v) is 7.36. The maximum absolute atomic E-state index is 10.8. The molecule has 8 heavy (non-hydrogen) atoms. The lowest BCUT2D eigenvalue weighted by molar-refractivity contribution is 0.677. The molecular weight excluding hydrogens is 140 g/mol. The molecule has 1 nitrogen and oxygen atoms in total. The highest BCUT2D eigenvalue weighted by Gasteiger charge is 2.19. The number of hydrogen-bond acceptors (Lipinski definition) is 2. The van der Waals surface area contributed by atoms with Gasteiger partial charge >= 0.3 is 0 Å². The van der Waals surface area contributed by atoms with Crippen molar-refractivity contribution in [2.24, 2.45) is 0 Å². The second kappa shape index (κ2) is 2.87. The van der Waals surface area contributed by atoms with E-state index in [1.165, 1.54) is 0 Å². The maximum atomic E-state index is 10.8. The van der Waals surface area contributed by atoms with Crippen LogP contribution in [0.3, 0.4) is 0 Å². The van der Waals surface area contributed by atoms with Crippen LogP contribution in [0.2, 0.25) is 0 Å². The summed E-state index contributed by atoms with van der Waals surface area (Å²) in [6.45, 7) is 3.96. The van der Waals surface area contributed by atoms with E-state index in [1.54, 1.807) is 18.0 Å². The van der Waals surface area contributed by atoms with Crippen molar-refractivity contribution in [3.8, 4) is 0 Å². The van der Waals surface area contributed by atoms with E-state index in [1.807, 2.05) is 20.1 Å². The molecule has 1 unspecified atom stereocenters. The van der Waals surface area contributed by atoms with E-state index in [4.69, 9.17) is 0 Å². The molecule has 0 radical (unpaired) electrons. The lowest BCUT2D eigenvalue weighted by atomic mass is 10.5. The zero-order chi connectivity index (χ0) is 6.78. The Kier molecular flexibility index (Phi) is 3.05. The summed E-state index contributed by atoms with van der Waals surface area (Å²) in [4.78, 5) is 0. The minimum absolute atomic E-state index is 0.0694. The van der Waals surface area contributed by atoms with Gasteiger partial charge in [0.2, 0.25) is 0 Å². The summed E-state index contributed by atoms with van der Waals surface area (Å²) in [7, 11) is -0.713. The summed E-state index contributed by atoms with van der Waals surface area (Å²) >= 11 is 1.64. The molecule has 0 N–H and O–H groups in total. The Hall–Kier alpha value is 0.500. The Labute approximate surface area is 57.7 Å². The largest absolute Gasteiger partial charge is 0.258 e. The minimum Gasteiger partial charge on any atom is -0.258 e. The summed E-state index contributed by atoms with van der Waals surface area (Å²) in [5.74, 6) is 0. The second-order valence-corrected chi connectivity index (χ2v) is 5.67. The van der Waals surface area contributed by atoms with Crippen molar-refractivity contribution in [3.05, 3.63) is 0 Å². The van der Waals surface area contributed by atoms with Crippen LogP contribution in [0.15, 0.2) is 0 Å². The molecule has 0 spiro atoms. The fraction of sp³-hybridized carbons (Fsp3) is 1.00. The standard InChI is InChI=1S/C5H12OS2/c1-5(2,7-3)8(4)6/h1-4H3. The monoisotopic (exact) mass is 152 g/mol. The van der Waals surface area contributed by atoms with E-state index < -0.39 is 10.8 Å². The van der Waals surface area contributed by atoms with E-state index in [9.17, 15) is 4.21 Å². The van der Waals surface area contributed by atoms with Gasteiger partial charge in [0.1, 0.15) is 0 Å². The molecule has 0 aliphatic heterocycles. The Balaban J connectivity index is 3.91. The summed E-state index contributed by atoms with van der Waals surface area (Å²) in [6.07, 6.45) is 3.71. The average Bonchev–Trinajstić information content (AvgIpc) is 1.67. The lowest BCUT2D eigenvalue weighted by Gasteiger charge is -2.17. The number of hydrogen-bond donors (Lipinski definition) is 0. The molecule has 0 saturated heterocycles. The van der Waals surface area contributed by atoms with Crippen molar-refractivity contribution in [2.75, 3.05) is 12.5 Å². The van der Waals surface area contributed by atoms with Gasteiger partial charge in [-0.15, -0.1) is 11.8 Å². The highest BCUT2D eigenvalue weighted by Crippen LogP contribution is 2.23. The predicted molar refractivity (Wildman–Crippen MR) is 41.7 cm³/mol. The SMILES string of the molecule is CSC(C)(C)S(C)=O. The number of rotatable bonds is 2. The van der Waals surface area contributed by atoms with Crippen LogP contribution < -0.4 is 0 Å². The second-order valence-electron chi connectivity index (χ2n) is 2.06. The summed E-state index contributed by atoms with van der Waals surface area (Å²) in [6, 6.07) is 0. The van der Waals surface area contributed by atoms with Gasteiger partial charge < -0.3 is 0 Å². The summed E-state index contributed by atoms with van der Waals surface area (Å²) in [5.41, 5.74) is 0. The first kappa shape index (κ1) is 8.50. The number of thioether (sulfide) groups is 1. The first-order valence-corrected chi connectivity index (χ1v) is 5.17. The van der Waals surface area contributed by atoms with Crippen LogP contribution in [-0.2, 0) is 10.8 Å². The molecule has 0 bridgehead atoms. The molecule has 50 valence electrons. The van der Waals surface area contributed by atoms with Crippen LogP contribution in [-0.4, -0.2) is 20.8 Å². The Morgan fingerprint density at radius 3 is 1.88 bits per heavy atom. The van der Waals surface area contributed by atoms with Crippen LogP contribution in [0.4, 0.5) is 0 Å². The van der Waals surface area contributed by atoms with Gasteiger partial charge in [0, 0.05) is 17.1 Å². The lowest BCUT2D eigenvalue weighted by Crippen LogP contribution is -2.19. The normalized spacial score (nSPS) is 16.0. The van der Waals surface area contributed by atoms with Gasteiger partial charge in [-0.25, -0.2) is 0 Å². The zero-order valence-electron chi connectivity index (χ0n) is 5.72. The molecule has 0 aromatic rings. The highest BCUT2D eigenvalue weighted by atomic mass is 32.2. The Morgan fingerprint density at radius 1 is 1.50 bits per heavy atom. The summed E-state index contributed by atoms with van der Waals surface area (Å²) in [5, 5.41) is 0. The van der Waals surface area contributed by atoms with E-state index in [-0.39, 0.29) is 4.08 Å². The summed E-state index contributed by atoms with van der Waals surface area (Å²) < 4.78 is 10.7. The third-order valence-electron chi connectivity index (χ3n) is 1.18. The van der Waals surface area contributed by atoms with E-state index in [2.05, 4.69) is 0 Å². The quantitative estimate of drug-likeness (QED) is 0.596. The van der Waals surface area contributed by atoms with Crippen molar-refractivity contribution >= 4 is 22.6 Å². The Bertz CT molecular complexity index is 98.6. The van der Waals surface area contributed by atoms with Gasteiger partial charge in [0.15, 0.2) is 0 Å². The molecule has 3 heteroatoms. The van der Waals surface area contributed by atoms with E-state index >= 15 is 0 Å². The molecule has 0 fully saturated rings. The smallest absolute Gasteiger partial charge is 0.0847 e. The van der Waals surface area contributed by atoms with Crippen molar-refractivity contribution in [3.63, 3.8) is 0 Å². The molecule has 1 atom stereocenters. The van der Waals surface area contributed by atoms with Crippen LogP contribution in [0.1, 0.15) is 13.8 Å². The average molecular weight is 152 g/mol.